The third-order valence-corrected chi connectivity index (χ3v) is 5.90. The van der Waals surface area contributed by atoms with E-state index in [1.807, 2.05) is 39.0 Å². The van der Waals surface area contributed by atoms with Gasteiger partial charge in [-0.2, -0.15) is 0 Å². The van der Waals surface area contributed by atoms with Crippen LogP contribution in [0.1, 0.15) is 53.2 Å². The Labute approximate surface area is 221 Å². The summed E-state index contributed by atoms with van der Waals surface area (Å²) in [6.07, 6.45) is 6.88. The zero-order valence-corrected chi connectivity index (χ0v) is 22.5. The first kappa shape index (κ1) is 29.9. The first-order valence-electron chi connectivity index (χ1n) is 11.7. The molecule has 1 aromatic rings. The van der Waals surface area contributed by atoms with E-state index in [0.717, 1.165) is 5.56 Å². The molecule has 10 nitrogen and oxygen atoms in total. The Kier molecular flexibility index (Phi) is 12.1. The lowest BCUT2D eigenvalue weighted by atomic mass is 9.95. The van der Waals surface area contributed by atoms with E-state index in [-0.39, 0.29) is 25.7 Å². The van der Waals surface area contributed by atoms with Crippen LogP contribution in [0.25, 0.3) is 0 Å². The zero-order valence-electron chi connectivity index (χ0n) is 21.7. The average Bonchev–Trinajstić information content (AvgIpc) is 2.85. The van der Waals surface area contributed by atoms with Gasteiger partial charge in [-0.05, 0) is 56.4 Å². The van der Waals surface area contributed by atoms with E-state index in [1.54, 1.807) is 6.08 Å². The number of methoxy groups -OCH3 is 2. The van der Waals surface area contributed by atoms with Crippen LogP contribution in [-0.2, 0) is 39.9 Å². The third-order valence-electron chi connectivity index (χ3n) is 5.38. The summed E-state index contributed by atoms with van der Waals surface area (Å²) in [5.74, 6) is -1.65. The fourth-order valence-electron chi connectivity index (χ4n) is 3.55. The summed E-state index contributed by atoms with van der Waals surface area (Å²) in [7, 11) is 2.50. The number of carbonyl (C=O) groups excluding carboxylic acids is 3. The predicted molar refractivity (Wildman–Crippen MR) is 137 cm³/mol. The van der Waals surface area contributed by atoms with Crippen molar-refractivity contribution in [3.63, 3.8) is 0 Å². The Morgan fingerprint density at radius 1 is 1.14 bits per heavy atom. The largest absolute Gasteiger partial charge is 0.467 e. The number of allylic oxidation sites excluding steroid dienone is 3. The highest BCUT2D eigenvalue weighted by Crippen LogP contribution is 2.30. The molecule has 0 saturated carbocycles. The molecule has 37 heavy (non-hydrogen) atoms. The molecule has 0 aromatic heterocycles. The summed E-state index contributed by atoms with van der Waals surface area (Å²) in [6.45, 7) is 4.75. The van der Waals surface area contributed by atoms with E-state index in [9.17, 15) is 14.4 Å². The number of benzene rings is 1. The highest BCUT2D eigenvalue weighted by Gasteiger charge is 2.23. The van der Waals surface area contributed by atoms with E-state index in [2.05, 4.69) is 20.1 Å². The Morgan fingerprint density at radius 3 is 2.54 bits per heavy atom. The third kappa shape index (κ3) is 9.55. The van der Waals surface area contributed by atoms with Crippen LogP contribution in [0.15, 0.2) is 35.1 Å². The van der Waals surface area contributed by atoms with E-state index in [4.69, 9.17) is 26.0 Å². The van der Waals surface area contributed by atoms with Crippen molar-refractivity contribution in [2.75, 3.05) is 27.4 Å². The minimum atomic E-state index is -0.586. The maximum Gasteiger partial charge on any atom is 0.346 e. The Morgan fingerprint density at radius 2 is 1.84 bits per heavy atom. The maximum absolute atomic E-state index is 13.2. The van der Waals surface area contributed by atoms with Gasteiger partial charge in [-0.3, -0.25) is 10.3 Å². The summed E-state index contributed by atoms with van der Waals surface area (Å²) in [5, 5.41) is 4.49. The maximum atomic E-state index is 13.2. The van der Waals surface area contributed by atoms with Crippen molar-refractivity contribution in [1.29, 1.82) is 0 Å². The number of hydroxylamine groups is 1. The van der Waals surface area contributed by atoms with Gasteiger partial charge in [0.25, 0.3) is 0 Å². The lowest BCUT2D eigenvalue weighted by molar-refractivity contribution is -0.148. The number of nitrogens with zero attached hydrogens (tertiary/aromatic N) is 1. The smallest absolute Gasteiger partial charge is 0.346 e. The number of ether oxygens (including phenoxy) is 3. The highest BCUT2D eigenvalue weighted by molar-refractivity contribution is 6.32. The van der Waals surface area contributed by atoms with Crippen molar-refractivity contribution in [2.45, 2.75) is 52.6 Å². The second-order valence-corrected chi connectivity index (χ2v) is 8.76. The van der Waals surface area contributed by atoms with Crippen molar-refractivity contribution in [3.05, 3.63) is 57.3 Å². The van der Waals surface area contributed by atoms with Gasteiger partial charge in [0, 0.05) is 23.6 Å². The zero-order chi connectivity index (χ0) is 27.4. The van der Waals surface area contributed by atoms with Gasteiger partial charge < -0.3 is 19.0 Å². The molecular formula is C26H33ClN2O8. The molecule has 1 heterocycles. The van der Waals surface area contributed by atoms with Crippen LogP contribution in [0, 0.1) is 13.8 Å². The molecule has 2 rings (SSSR count). The molecule has 1 aromatic carbocycles. The van der Waals surface area contributed by atoms with E-state index >= 15 is 0 Å². The molecule has 1 unspecified atom stereocenters. The number of carbonyl (C=O) groups is 3. The number of esters is 3. The molecule has 202 valence electrons. The van der Waals surface area contributed by atoms with Crippen molar-refractivity contribution in [3.8, 4) is 0 Å². The second kappa shape index (κ2) is 15.0. The molecular weight excluding hydrogens is 504 g/mol. The average molecular weight is 537 g/mol. The molecule has 1 atom stereocenters. The van der Waals surface area contributed by atoms with Gasteiger partial charge in [-0.25, -0.2) is 14.4 Å². The molecule has 11 heteroatoms. The van der Waals surface area contributed by atoms with Gasteiger partial charge in [0.05, 0.1) is 25.5 Å². The number of aryl methyl sites for hydroxylation is 2. The van der Waals surface area contributed by atoms with E-state index in [0.29, 0.717) is 52.4 Å². The first-order valence-corrected chi connectivity index (χ1v) is 12.1. The van der Waals surface area contributed by atoms with Crippen LogP contribution in [0.2, 0.25) is 5.02 Å². The molecule has 0 bridgehead atoms. The van der Waals surface area contributed by atoms with Gasteiger partial charge in [0.15, 0.2) is 6.61 Å². The van der Waals surface area contributed by atoms with Crippen molar-refractivity contribution in [2.24, 2.45) is 5.16 Å². The molecule has 0 saturated heterocycles. The lowest BCUT2D eigenvalue weighted by Crippen LogP contribution is -2.24. The number of hydrogen-bond acceptors (Lipinski definition) is 10. The highest BCUT2D eigenvalue weighted by atomic mass is 35.5. The van der Waals surface area contributed by atoms with Crippen LogP contribution in [0.3, 0.4) is 0 Å². The molecule has 0 spiro atoms. The van der Waals surface area contributed by atoms with Crippen LogP contribution >= 0.6 is 11.6 Å². The van der Waals surface area contributed by atoms with Crippen LogP contribution in [0.4, 0.5) is 0 Å². The Balaban J connectivity index is 2.57. The summed E-state index contributed by atoms with van der Waals surface area (Å²) >= 11 is 6.68. The van der Waals surface area contributed by atoms with Crippen LogP contribution in [-0.4, -0.2) is 57.2 Å². The summed E-state index contributed by atoms with van der Waals surface area (Å²) in [5.41, 5.74) is 6.02. The SMILES string of the molecule is COC(=O)CON=C1C=C(NOCC(=O)OC)Cc2c(Cl)c(C)cc(C)c2C(=O)OC(C)C/C=C/CC1. The van der Waals surface area contributed by atoms with Gasteiger partial charge in [0.1, 0.15) is 6.10 Å². The summed E-state index contributed by atoms with van der Waals surface area (Å²) in [4.78, 5) is 46.7. The molecule has 1 N–H and O–H groups in total. The van der Waals surface area contributed by atoms with Crippen molar-refractivity contribution < 1.29 is 38.3 Å². The molecule has 0 fully saturated rings. The molecule has 1 aliphatic heterocycles. The van der Waals surface area contributed by atoms with Crippen molar-refractivity contribution >= 4 is 35.2 Å². The van der Waals surface area contributed by atoms with Gasteiger partial charge in [-0.15, -0.1) is 0 Å². The number of rotatable bonds is 7. The quantitative estimate of drug-likeness (QED) is 0.239. The first-order chi connectivity index (χ1) is 17.7. The molecule has 0 amide bonds. The predicted octanol–water partition coefficient (Wildman–Crippen LogP) is 3.91. The fraction of sp³-hybridized carbons (Fsp3) is 0.462. The second-order valence-electron chi connectivity index (χ2n) is 8.39. The number of oxime groups is 1. The van der Waals surface area contributed by atoms with Crippen LogP contribution in [0.5, 0.6) is 0 Å². The fourth-order valence-corrected chi connectivity index (χ4v) is 3.76. The standard InChI is InChI=1S/C26H33ClN2O8/c1-16-11-17(2)25(27)21-13-20(29-36-15-23(31)34-5)12-19(28-35-14-22(30)33-4)10-8-6-7-9-18(3)37-26(32)24(16)21/h6-7,11-12,18,29H,8-10,13-15H2,1-5H3/b7-6+,20-12?,28-19?. The molecule has 0 aliphatic carbocycles. The number of halogens is 1. The normalized spacial score (nSPS) is 18.5. The molecule has 0 radical (unpaired) electrons. The monoisotopic (exact) mass is 536 g/mol. The minimum absolute atomic E-state index is 0.118. The van der Waals surface area contributed by atoms with Gasteiger partial charge in [0.2, 0.25) is 6.61 Å². The minimum Gasteiger partial charge on any atom is -0.467 e. The number of nitrogens with one attached hydrogen (secondary N) is 1. The van der Waals surface area contributed by atoms with E-state index in [1.165, 1.54) is 14.2 Å². The summed E-state index contributed by atoms with van der Waals surface area (Å²) in [6, 6.07) is 1.83. The molecule has 1 aliphatic rings. The Hall–Kier alpha value is -3.37. The Bertz CT molecular complexity index is 1080. The van der Waals surface area contributed by atoms with Crippen LogP contribution < -0.4 is 5.48 Å². The van der Waals surface area contributed by atoms with Gasteiger partial charge >= 0.3 is 17.9 Å². The van der Waals surface area contributed by atoms with E-state index < -0.39 is 17.9 Å². The number of cyclic esters (lactones) is 1. The van der Waals surface area contributed by atoms with Gasteiger partial charge in [-0.1, -0.05) is 35.0 Å². The topological polar surface area (TPSA) is 122 Å². The number of hydrogen-bond donors (Lipinski definition) is 1. The number of fused-ring (bicyclic) bond motifs is 1. The lowest BCUT2D eigenvalue weighted by Gasteiger charge is -2.20. The van der Waals surface area contributed by atoms with Crippen molar-refractivity contribution in [1.82, 2.24) is 5.48 Å². The summed E-state index contributed by atoms with van der Waals surface area (Å²) < 4.78 is 14.9.